The van der Waals surface area contributed by atoms with Gasteiger partial charge in [0.15, 0.2) is 6.61 Å². The highest BCUT2D eigenvalue weighted by Crippen LogP contribution is 2.32. The minimum atomic E-state index is -0.575. The van der Waals surface area contributed by atoms with Gasteiger partial charge >= 0.3 is 5.97 Å². The van der Waals surface area contributed by atoms with Crippen molar-refractivity contribution in [2.45, 2.75) is 39.5 Å². The molecule has 29 heavy (non-hydrogen) atoms. The van der Waals surface area contributed by atoms with Gasteiger partial charge in [-0.05, 0) is 41.2 Å². The number of carbonyl (C=O) groups is 2. The second-order valence-corrected chi connectivity index (χ2v) is 7.51. The second-order valence-electron chi connectivity index (χ2n) is 7.51. The van der Waals surface area contributed by atoms with E-state index in [-0.39, 0.29) is 24.3 Å². The van der Waals surface area contributed by atoms with E-state index in [0.717, 1.165) is 16.8 Å². The Morgan fingerprint density at radius 1 is 0.931 bits per heavy atom. The molecular weight excluding hydrogens is 366 g/mol. The largest absolute Gasteiger partial charge is 0.452 e. The number of nitrogens with zero attached hydrogens (tertiary/aromatic N) is 2. The third-order valence-corrected chi connectivity index (χ3v) is 4.68. The molecule has 6 nitrogen and oxygen atoms in total. The summed E-state index contributed by atoms with van der Waals surface area (Å²) >= 11 is 0. The molecule has 0 spiro atoms. The van der Waals surface area contributed by atoms with Crippen LogP contribution in [0.1, 0.15) is 61.0 Å². The van der Waals surface area contributed by atoms with E-state index >= 15 is 0 Å². The Kier molecular flexibility index (Phi) is 6.22. The fourth-order valence-electron chi connectivity index (χ4n) is 3.18. The van der Waals surface area contributed by atoms with E-state index in [0.29, 0.717) is 16.6 Å². The van der Waals surface area contributed by atoms with E-state index < -0.39 is 5.97 Å². The van der Waals surface area contributed by atoms with Gasteiger partial charge in [-0.25, -0.2) is 4.79 Å². The van der Waals surface area contributed by atoms with Crippen molar-refractivity contribution in [1.29, 1.82) is 0 Å². The molecule has 1 heterocycles. The van der Waals surface area contributed by atoms with E-state index in [4.69, 9.17) is 4.74 Å². The number of aromatic nitrogens is 2. The molecule has 0 saturated carbocycles. The lowest BCUT2D eigenvalue weighted by atomic mass is 9.92. The summed E-state index contributed by atoms with van der Waals surface area (Å²) in [6, 6.07) is 10.9. The highest BCUT2D eigenvalue weighted by atomic mass is 16.5. The molecule has 150 valence electrons. The Hall–Kier alpha value is -3.28. The zero-order valence-electron chi connectivity index (χ0n) is 17.1. The van der Waals surface area contributed by atoms with E-state index in [1.54, 1.807) is 30.6 Å². The molecule has 6 heteroatoms. The van der Waals surface area contributed by atoms with Crippen LogP contribution in [-0.2, 0) is 9.53 Å². The number of para-hydroxylation sites is 1. The van der Waals surface area contributed by atoms with Gasteiger partial charge in [-0.2, -0.15) is 0 Å². The van der Waals surface area contributed by atoms with Crippen molar-refractivity contribution in [2.75, 3.05) is 11.9 Å². The SMILES string of the molecule is CC(C)c1cccc(C(C)C)c1NC(=O)COC(=O)c1ccc2nccnc2c1. The summed E-state index contributed by atoms with van der Waals surface area (Å²) in [5, 5.41) is 2.94. The Balaban J connectivity index is 1.70. The zero-order chi connectivity index (χ0) is 21.0. The first-order valence-electron chi connectivity index (χ1n) is 9.67. The fraction of sp³-hybridized carbons (Fsp3) is 0.304. The number of ether oxygens (including phenoxy) is 1. The van der Waals surface area contributed by atoms with Crippen molar-refractivity contribution in [3.05, 3.63) is 65.5 Å². The van der Waals surface area contributed by atoms with Crippen LogP contribution in [0.25, 0.3) is 11.0 Å². The maximum absolute atomic E-state index is 12.5. The molecule has 0 saturated heterocycles. The summed E-state index contributed by atoms with van der Waals surface area (Å²) in [5.74, 6) is -0.432. The molecule has 0 aliphatic heterocycles. The van der Waals surface area contributed by atoms with E-state index in [9.17, 15) is 9.59 Å². The molecule has 0 aliphatic carbocycles. The standard InChI is InChI=1S/C23H25N3O3/c1-14(2)17-6-5-7-18(15(3)4)22(17)26-21(27)13-29-23(28)16-8-9-19-20(12-16)25-11-10-24-19/h5-12,14-15H,13H2,1-4H3,(H,26,27). The van der Waals surface area contributed by atoms with E-state index in [2.05, 4.69) is 43.0 Å². The molecule has 0 atom stereocenters. The normalized spacial score (nSPS) is 11.1. The van der Waals surface area contributed by atoms with Crippen molar-refractivity contribution in [1.82, 2.24) is 9.97 Å². The van der Waals surface area contributed by atoms with Gasteiger partial charge in [-0.1, -0.05) is 45.9 Å². The van der Waals surface area contributed by atoms with Crippen LogP contribution in [0.3, 0.4) is 0 Å². The predicted molar refractivity (Wildman–Crippen MR) is 113 cm³/mol. The number of anilines is 1. The number of nitrogens with one attached hydrogen (secondary N) is 1. The number of hydrogen-bond acceptors (Lipinski definition) is 5. The summed E-state index contributed by atoms with van der Waals surface area (Å²) in [6.45, 7) is 7.96. The smallest absolute Gasteiger partial charge is 0.338 e. The summed E-state index contributed by atoms with van der Waals surface area (Å²) in [7, 11) is 0. The van der Waals surface area contributed by atoms with Crippen LogP contribution >= 0.6 is 0 Å². The average Bonchev–Trinajstić information content (AvgIpc) is 2.71. The molecule has 1 amide bonds. The van der Waals surface area contributed by atoms with Gasteiger partial charge < -0.3 is 10.1 Å². The van der Waals surface area contributed by atoms with Crippen molar-refractivity contribution in [3.8, 4) is 0 Å². The molecule has 3 aromatic rings. The van der Waals surface area contributed by atoms with Crippen LogP contribution in [-0.4, -0.2) is 28.5 Å². The average molecular weight is 391 g/mol. The third kappa shape index (κ3) is 4.77. The number of carbonyl (C=O) groups excluding carboxylic acids is 2. The van der Waals surface area contributed by atoms with Gasteiger partial charge in [-0.3, -0.25) is 14.8 Å². The van der Waals surface area contributed by atoms with Crippen LogP contribution in [0.2, 0.25) is 0 Å². The number of benzene rings is 2. The van der Waals surface area contributed by atoms with Crippen LogP contribution in [0.4, 0.5) is 5.69 Å². The number of esters is 1. The molecule has 3 rings (SSSR count). The van der Waals surface area contributed by atoms with Gasteiger partial charge in [-0.15, -0.1) is 0 Å². The Labute approximate surface area is 170 Å². The molecule has 1 aromatic heterocycles. The van der Waals surface area contributed by atoms with Gasteiger partial charge in [0, 0.05) is 18.1 Å². The topological polar surface area (TPSA) is 81.2 Å². The minimum Gasteiger partial charge on any atom is -0.452 e. The maximum atomic E-state index is 12.5. The Morgan fingerprint density at radius 2 is 1.55 bits per heavy atom. The van der Waals surface area contributed by atoms with Crippen LogP contribution in [0.5, 0.6) is 0 Å². The lowest BCUT2D eigenvalue weighted by Crippen LogP contribution is -2.22. The number of hydrogen-bond donors (Lipinski definition) is 1. The first kappa shape index (κ1) is 20.5. The highest BCUT2D eigenvalue weighted by Gasteiger charge is 2.17. The lowest BCUT2D eigenvalue weighted by molar-refractivity contribution is -0.119. The quantitative estimate of drug-likeness (QED) is 0.618. The van der Waals surface area contributed by atoms with Crippen molar-refractivity contribution in [2.24, 2.45) is 0 Å². The Bertz CT molecular complexity index is 1020. The third-order valence-electron chi connectivity index (χ3n) is 4.68. The van der Waals surface area contributed by atoms with Gasteiger partial charge in [0.1, 0.15) is 0 Å². The van der Waals surface area contributed by atoms with Crippen LogP contribution < -0.4 is 5.32 Å². The number of amides is 1. The van der Waals surface area contributed by atoms with Crippen molar-refractivity contribution < 1.29 is 14.3 Å². The highest BCUT2D eigenvalue weighted by molar-refractivity contribution is 5.97. The molecular formula is C23H25N3O3. The summed E-state index contributed by atoms with van der Waals surface area (Å²) in [6.07, 6.45) is 3.15. The van der Waals surface area contributed by atoms with Crippen LogP contribution in [0, 0.1) is 0 Å². The summed E-state index contributed by atoms with van der Waals surface area (Å²) in [5.41, 5.74) is 4.54. The Morgan fingerprint density at radius 3 is 2.17 bits per heavy atom. The fourth-order valence-corrected chi connectivity index (χ4v) is 3.18. The van der Waals surface area contributed by atoms with E-state index in [1.807, 2.05) is 18.2 Å². The van der Waals surface area contributed by atoms with Crippen LogP contribution in [0.15, 0.2) is 48.8 Å². The van der Waals surface area contributed by atoms with Gasteiger partial charge in [0.25, 0.3) is 5.91 Å². The number of fused-ring (bicyclic) bond motifs is 1. The zero-order valence-corrected chi connectivity index (χ0v) is 17.1. The van der Waals surface area contributed by atoms with E-state index in [1.165, 1.54) is 0 Å². The van der Waals surface area contributed by atoms with Crippen molar-refractivity contribution >= 4 is 28.6 Å². The summed E-state index contributed by atoms with van der Waals surface area (Å²) < 4.78 is 5.21. The van der Waals surface area contributed by atoms with Crippen molar-refractivity contribution in [3.63, 3.8) is 0 Å². The molecule has 1 N–H and O–H groups in total. The predicted octanol–water partition coefficient (Wildman–Crippen LogP) is 4.67. The molecule has 0 fully saturated rings. The summed E-state index contributed by atoms with van der Waals surface area (Å²) in [4.78, 5) is 33.2. The molecule has 0 unspecified atom stereocenters. The lowest BCUT2D eigenvalue weighted by Gasteiger charge is -2.20. The number of rotatable bonds is 6. The molecule has 0 aliphatic rings. The minimum absolute atomic E-state index is 0.255. The second kappa shape index (κ2) is 8.82. The molecule has 0 radical (unpaired) electrons. The van der Waals surface area contributed by atoms with Gasteiger partial charge in [0.2, 0.25) is 0 Å². The first-order valence-corrected chi connectivity index (χ1v) is 9.67. The maximum Gasteiger partial charge on any atom is 0.338 e. The monoisotopic (exact) mass is 391 g/mol. The molecule has 2 aromatic carbocycles. The molecule has 0 bridgehead atoms. The van der Waals surface area contributed by atoms with Gasteiger partial charge in [0.05, 0.1) is 16.6 Å². The first-order chi connectivity index (χ1) is 13.9.